The van der Waals surface area contributed by atoms with E-state index in [0.717, 1.165) is 0 Å². The molecule has 0 spiro atoms. The monoisotopic (exact) mass is 304 g/mol. The summed E-state index contributed by atoms with van der Waals surface area (Å²) in [7, 11) is -6.47. The molecule has 0 heterocycles. The van der Waals surface area contributed by atoms with Crippen LogP contribution in [0.15, 0.2) is 0 Å². The Morgan fingerprint density at radius 3 is 1.25 bits per heavy atom. The van der Waals surface area contributed by atoms with E-state index in [1.807, 2.05) is 0 Å². The molecule has 0 saturated carbocycles. The second kappa shape index (κ2) is 20.4. The molecule has 2 atom stereocenters. The van der Waals surface area contributed by atoms with Crippen molar-refractivity contribution in [3.63, 3.8) is 0 Å². The zero-order valence-corrected chi connectivity index (χ0v) is 15.9. The van der Waals surface area contributed by atoms with Crippen LogP contribution in [0, 0.1) is 0 Å². The van der Waals surface area contributed by atoms with Crippen molar-refractivity contribution in [3.05, 3.63) is 0 Å². The zero-order valence-electron chi connectivity index (χ0n) is 6.40. The molecule has 0 N–H and O–H groups in total. The third-order valence-corrected chi connectivity index (χ3v) is 1.20. The van der Waals surface area contributed by atoms with Crippen LogP contribution in [0.5, 0.6) is 0 Å². The van der Waals surface area contributed by atoms with Gasteiger partial charge in [-0.2, -0.15) is 0 Å². The molecule has 0 aromatic rings. The average Bonchev–Trinajstić information content (AvgIpc) is 1.62. The fourth-order valence-electron chi connectivity index (χ4n) is 0.0544. The fourth-order valence-corrected chi connectivity index (χ4v) is 0.490. The summed E-state index contributed by atoms with van der Waals surface area (Å²) in [5, 5.41) is 0.194. The quantitative estimate of drug-likeness (QED) is 0.288. The predicted octanol–water partition coefficient (Wildman–Crippen LogP) is -5.53. The predicted molar refractivity (Wildman–Crippen MR) is 32.9 cm³/mol. The Balaban J connectivity index is -0.0000000569. The van der Waals surface area contributed by atoms with Gasteiger partial charge in [0.2, 0.25) is 0 Å². The average molecular weight is 305 g/mol. The molecule has 0 saturated heterocycles. The van der Waals surface area contributed by atoms with Gasteiger partial charge in [-0.05, 0) is 9.13 Å². The van der Waals surface area contributed by atoms with Crippen LogP contribution in [0.25, 0.3) is 0 Å². The van der Waals surface area contributed by atoms with Crippen LogP contribution in [0.4, 0.5) is 0 Å². The third kappa shape index (κ3) is 37.0. The van der Waals surface area contributed by atoms with Crippen LogP contribution in [0.1, 0.15) is 0 Å². The van der Waals surface area contributed by atoms with Gasteiger partial charge in [-0.15, -0.1) is 23.2 Å². The van der Waals surface area contributed by atoms with E-state index in [1.54, 1.807) is 0 Å². The van der Waals surface area contributed by atoms with E-state index < -0.39 is 16.5 Å². The van der Waals surface area contributed by atoms with Gasteiger partial charge >= 0.3 is 119 Å². The summed E-state index contributed by atoms with van der Waals surface area (Å²) in [6, 6.07) is 0. The van der Waals surface area contributed by atoms with Gasteiger partial charge in [-0.25, -0.2) is 0 Å². The summed E-state index contributed by atoms with van der Waals surface area (Å²) in [4.78, 5) is 18.5. The first-order chi connectivity index (χ1) is 4.54. The van der Waals surface area contributed by atoms with Crippen LogP contribution in [-0.2, 0) is 13.4 Å². The van der Waals surface area contributed by atoms with Crippen molar-refractivity contribution < 1.29 is 126 Å². The molecule has 2 unspecified atom stereocenters. The van der Waals surface area contributed by atoms with Crippen molar-refractivity contribution in [3.8, 4) is 0 Å². The number of hydrogen-bond acceptors (Lipinski definition) is 5. The number of rotatable bonds is 2. The van der Waals surface area contributed by atoms with E-state index in [-0.39, 0.29) is 108 Å². The smallest absolute Gasteiger partial charge is 0.563 e. The topological polar surface area (TPSA) is 89.5 Å². The Morgan fingerprint density at radius 2 is 1.25 bits per heavy atom. The molecule has 5 nitrogen and oxygen atoms in total. The Hall–Kier alpha value is 3.93. The molecule has 0 aliphatic carbocycles. The molecule has 0 amide bonds. The largest absolute Gasteiger partial charge is 1.00 e. The fraction of sp³-hybridized carbons (Fsp3) is 1.00. The maximum absolute atomic E-state index is 9.24. The van der Waals surface area contributed by atoms with Crippen molar-refractivity contribution in [1.82, 2.24) is 0 Å². The molecule has 0 aliphatic rings. The van der Waals surface area contributed by atoms with Gasteiger partial charge in [0.25, 0.3) is 0 Å². The molecule has 0 aromatic heterocycles. The van der Waals surface area contributed by atoms with E-state index in [4.69, 9.17) is 23.2 Å². The van der Waals surface area contributed by atoms with Gasteiger partial charge in [-0.1, -0.05) is 0 Å². The first-order valence-electron chi connectivity index (χ1n) is 1.63. The summed E-state index contributed by atoms with van der Waals surface area (Å²) in [6.07, 6.45) is 0. The molecule has 11 heteroatoms. The summed E-state index contributed by atoms with van der Waals surface area (Å²) in [6.45, 7) is 0. The molecule has 12 heavy (non-hydrogen) atoms. The Bertz CT molecular complexity index is 112. The van der Waals surface area contributed by atoms with Crippen LogP contribution < -0.4 is 113 Å². The molecule has 0 radical (unpaired) electrons. The van der Waals surface area contributed by atoms with Gasteiger partial charge < -0.3 is 9.79 Å². The summed E-state index contributed by atoms with van der Waals surface area (Å²) < 4.78 is 21.6. The van der Waals surface area contributed by atoms with Crippen molar-refractivity contribution >= 4 is 39.7 Å². The van der Waals surface area contributed by atoms with E-state index in [2.05, 4.69) is 4.31 Å². The van der Waals surface area contributed by atoms with Crippen molar-refractivity contribution in [2.24, 2.45) is 0 Å². The van der Waals surface area contributed by atoms with Gasteiger partial charge in [0.05, 0.1) is 5.34 Å². The molecule has 60 valence electrons. The van der Waals surface area contributed by atoms with Crippen LogP contribution in [0.2, 0.25) is 0 Å². The Kier molecular flexibility index (Phi) is 42.3. The van der Waals surface area contributed by atoms with Crippen molar-refractivity contribution in [2.45, 2.75) is 0 Å². The third-order valence-electron chi connectivity index (χ3n) is 0.133. The van der Waals surface area contributed by atoms with E-state index in [0.29, 0.717) is 0 Å². The molecule has 0 aliphatic heterocycles. The van der Waals surface area contributed by atoms with Crippen LogP contribution in [0.3, 0.4) is 0 Å². The van der Waals surface area contributed by atoms with Gasteiger partial charge in [0, 0.05) is 0 Å². The summed E-state index contributed by atoms with van der Waals surface area (Å²) in [5.41, 5.74) is 0. The maximum atomic E-state index is 9.24. The maximum Gasteiger partial charge on any atom is 1.00 e. The van der Waals surface area contributed by atoms with Crippen molar-refractivity contribution in [2.75, 3.05) is 5.34 Å². The molecule has 0 bridgehead atoms. The standard InChI is InChI=1S/CH2Cl2.2K.O5P2/c2-1-3;;;1-6(2)5-7(3)4/h1H2;;;/q;2*+1;. The number of halogens is 2. The minimum absolute atomic E-state index is 0. The normalized spacial score (nSPS) is 9.33. The second-order valence-corrected chi connectivity index (χ2v) is 2.99. The van der Waals surface area contributed by atoms with E-state index in [1.165, 1.54) is 0 Å². The van der Waals surface area contributed by atoms with Crippen LogP contribution >= 0.6 is 39.7 Å². The number of alkyl halides is 2. The van der Waals surface area contributed by atoms with Crippen LogP contribution in [-0.4, -0.2) is 5.34 Å². The number of hydrogen-bond donors (Lipinski definition) is 0. The Labute approximate surface area is 167 Å². The van der Waals surface area contributed by atoms with Crippen molar-refractivity contribution in [1.29, 1.82) is 0 Å². The SMILES string of the molecule is ClCCl.O=[P+]([O-])O[P+](=O)[O-].[K+].[K+]. The first-order valence-corrected chi connectivity index (χ1v) is 4.89. The molecule has 0 fully saturated rings. The minimum Gasteiger partial charge on any atom is -0.563 e. The summed E-state index contributed by atoms with van der Waals surface area (Å²) in [5.74, 6) is 0. The minimum atomic E-state index is -3.24. The van der Waals surface area contributed by atoms with E-state index >= 15 is 0 Å². The molecule has 0 aromatic carbocycles. The van der Waals surface area contributed by atoms with Gasteiger partial charge in [0.15, 0.2) is 0 Å². The van der Waals surface area contributed by atoms with Gasteiger partial charge in [-0.3, -0.25) is 0 Å². The second-order valence-electron chi connectivity index (χ2n) is 0.630. The van der Waals surface area contributed by atoms with Gasteiger partial charge in [0.1, 0.15) is 4.31 Å². The molecular weight excluding hydrogens is 303 g/mol. The zero-order chi connectivity index (χ0) is 8.57. The first kappa shape index (κ1) is 25.0. The molecule has 0 rings (SSSR count). The summed E-state index contributed by atoms with van der Waals surface area (Å²) >= 11 is 9.53. The molecular formula is CH2Cl2K2O5P2+2. The Morgan fingerprint density at radius 1 is 1.08 bits per heavy atom. The van der Waals surface area contributed by atoms with E-state index in [9.17, 15) is 18.9 Å².